The van der Waals surface area contributed by atoms with E-state index in [-0.39, 0.29) is 11.7 Å². The number of fused-ring (bicyclic) bond motifs is 1. The zero-order valence-electron chi connectivity index (χ0n) is 13.0. The van der Waals surface area contributed by atoms with Crippen molar-refractivity contribution in [2.45, 2.75) is 19.8 Å². The molecule has 0 bridgehead atoms. The van der Waals surface area contributed by atoms with Gasteiger partial charge in [-0.05, 0) is 30.7 Å². The number of pyridine rings is 1. The molecule has 3 rings (SSSR count). The Labute approximate surface area is 135 Å². The second-order valence-electron chi connectivity index (χ2n) is 5.40. The number of carbonyl (C=O) groups excluding carboxylic acids is 1. The van der Waals surface area contributed by atoms with Crippen LogP contribution in [0.5, 0.6) is 5.75 Å². The number of carbonyl (C=O) groups is 1. The summed E-state index contributed by atoms with van der Waals surface area (Å²) >= 11 is 0. The fourth-order valence-electron chi connectivity index (χ4n) is 2.47. The lowest BCUT2D eigenvalue weighted by atomic mass is 10.1. The molecule has 1 amide bonds. The molecule has 23 heavy (non-hydrogen) atoms. The maximum atomic E-state index is 12.8. The number of nitrogens with two attached hydrogens (primary N) is 1. The van der Waals surface area contributed by atoms with E-state index in [2.05, 4.69) is 11.9 Å². The number of rotatable bonds is 4. The highest BCUT2D eigenvalue weighted by Crippen LogP contribution is 2.37. The number of aromatic nitrogens is 1. The standard InChI is InChI=1S/C18H19N3O2/c1-2-3-10-21-15-8-7-13(19)11-16(15)23-17(18(21)22)12-14-6-4-5-9-20-14/h4-9,11-12H,2-3,10,19H2,1H3/b17-12+. The maximum absolute atomic E-state index is 12.8. The smallest absolute Gasteiger partial charge is 0.294 e. The van der Waals surface area contributed by atoms with E-state index in [4.69, 9.17) is 10.5 Å². The summed E-state index contributed by atoms with van der Waals surface area (Å²) < 4.78 is 5.79. The van der Waals surface area contributed by atoms with E-state index in [0.29, 0.717) is 23.7 Å². The first-order chi connectivity index (χ1) is 11.2. The first kappa shape index (κ1) is 15.1. The molecule has 2 heterocycles. The van der Waals surface area contributed by atoms with Gasteiger partial charge in [0.2, 0.25) is 0 Å². The van der Waals surface area contributed by atoms with E-state index in [1.165, 1.54) is 0 Å². The van der Waals surface area contributed by atoms with Gasteiger partial charge in [-0.15, -0.1) is 0 Å². The van der Waals surface area contributed by atoms with E-state index < -0.39 is 0 Å². The van der Waals surface area contributed by atoms with E-state index in [1.807, 2.05) is 24.3 Å². The van der Waals surface area contributed by atoms with Gasteiger partial charge >= 0.3 is 0 Å². The van der Waals surface area contributed by atoms with Gasteiger partial charge in [0.1, 0.15) is 0 Å². The van der Waals surface area contributed by atoms with Crippen LogP contribution >= 0.6 is 0 Å². The molecular weight excluding hydrogens is 290 g/mol. The Morgan fingerprint density at radius 1 is 1.30 bits per heavy atom. The Morgan fingerprint density at radius 3 is 2.91 bits per heavy atom. The zero-order chi connectivity index (χ0) is 16.2. The number of hydrogen-bond donors (Lipinski definition) is 1. The first-order valence-corrected chi connectivity index (χ1v) is 7.71. The molecule has 0 atom stereocenters. The molecule has 5 nitrogen and oxygen atoms in total. The summed E-state index contributed by atoms with van der Waals surface area (Å²) in [4.78, 5) is 18.7. The Morgan fingerprint density at radius 2 is 2.17 bits per heavy atom. The van der Waals surface area contributed by atoms with Crippen LogP contribution in [0.25, 0.3) is 6.08 Å². The summed E-state index contributed by atoms with van der Waals surface area (Å²) in [6, 6.07) is 10.9. The van der Waals surface area contributed by atoms with E-state index in [9.17, 15) is 4.79 Å². The number of nitrogen functional groups attached to an aromatic ring is 1. The topological polar surface area (TPSA) is 68.5 Å². The van der Waals surface area contributed by atoms with Crippen LogP contribution < -0.4 is 15.4 Å². The van der Waals surface area contributed by atoms with Crippen molar-refractivity contribution in [1.82, 2.24) is 4.98 Å². The molecule has 0 radical (unpaired) electrons. The molecule has 1 aliphatic rings. The average molecular weight is 309 g/mol. The highest BCUT2D eigenvalue weighted by Gasteiger charge is 2.30. The number of unbranched alkanes of at least 4 members (excludes halogenated alkanes) is 1. The fourth-order valence-corrected chi connectivity index (χ4v) is 2.47. The molecule has 0 fully saturated rings. The molecule has 118 valence electrons. The number of amides is 1. The number of benzene rings is 1. The Hall–Kier alpha value is -2.82. The van der Waals surface area contributed by atoms with Gasteiger partial charge in [-0.25, -0.2) is 0 Å². The predicted molar refractivity (Wildman–Crippen MR) is 91.0 cm³/mol. The second kappa shape index (κ2) is 6.52. The quantitative estimate of drug-likeness (QED) is 0.695. The lowest BCUT2D eigenvalue weighted by Gasteiger charge is -2.30. The van der Waals surface area contributed by atoms with Gasteiger partial charge in [-0.2, -0.15) is 0 Å². The van der Waals surface area contributed by atoms with Gasteiger partial charge in [0.25, 0.3) is 5.91 Å². The van der Waals surface area contributed by atoms with Gasteiger partial charge in [-0.3, -0.25) is 9.78 Å². The minimum Gasteiger partial charge on any atom is -0.449 e. The molecule has 1 aliphatic heterocycles. The summed E-state index contributed by atoms with van der Waals surface area (Å²) in [5.74, 6) is 0.710. The van der Waals surface area contributed by atoms with Crippen LogP contribution in [0, 0.1) is 0 Å². The summed E-state index contributed by atoms with van der Waals surface area (Å²) in [6.07, 6.45) is 5.27. The lowest BCUT2D eigenvalue weighted by molar-refractivity contribution is -0.117. The molecule has 1 aromatic heterocycles. The second-order valence-corrected chi connectivity index (χ2v) is 5.40. The highest BCUT2D eigenvalue weighted by atomic mass is 16.5. The van der Waals surface area contributed by atoms with Crippen molar-refractivity contribution in [1.29, 1.82) is 0 Å². The van der Waals surface area contributed by atoms with Crippen molar-refractivity contribution in [3.05, 3.63) is 54.0 Å². The summed E-state index contributed by atoms with van der Waals surface area (Å²) in [7, 11) is 0. The Balaban J connectivity index is 2.01. The number of ether oxygens (including phenoxy) is 1. The van der Waals surface area contributed by atoms with E-state index in [0.717, 1.165) is 18.5 Å². The fraction of sp³-hybridized carbons (Fsp3) is 0.222. The monoisotopic (exact) mass is 309 g/mol. The van der Waals surface area contributed by atoms with Crippen LogP contribution in [0.2, 0.25) is 0 Å². The van der Waals surface area contributed by atoms with Crippen LogP contribution in [0.1, 0.15) is 25.5 Å². The van der Waals surface area contributed by atoms with Crippen molar-refractivity contribution >= 4 is 23.4 Å². The number of hydrogen-bond acceptors (Lipinski definition) is 4. The van der Waals surface area contributed by atoms with Gasteiger partial charge in [0, 0.05) is 30.6 Å². The van der Waals surface area contributed by atoms with Crippen molar-refractivity contribution in [2.75, 3.05) is 17.2 Å². The highest BCUT2D eigenvalue weighted by molar-refractivity contribution is 6.09. The van der Waals surface area contributed by atoms with Crippen molar-refractivity contribution < 1.29 is 9.53 Å². The number of nitrogens with zero attached hydrogens (tertiary/aromatic N) is 2. The third-order valence-electron chi connectivity index (χ3n) is 3.65. The molecule has 0 aliphatic carbocycles. The van der Waals surface area contributed by atoms with Crippen LogP contribution in [-0.2, 0) is 4.79 Å². The van der Waals surface area contributed by atoms with Gasteiger partial charge in [0.05, 0.1) is 11.4 Å². The van der Waals surface area contributed by atoms with Crippen molar-refractivity contribution in [3.63, 3.8) is 0 Å². The molecule has 0 spiro atoms. The summed E-state index contributed by atoms with van der Waals surface area (Å²) in [6.45, 7) is 2.74. The SMILES string of the molecule is CCCCN1C(=O)/C(=C\c2ccccn2)Oc2cc(N)ccc21. The third-order valence-corrected chi connectivity index (χ3v) is 3.65. The molecule has 0 saturated carbocycles. The number of anilines is 2. The van der Waals surface area contributed by atoms with Gasteiger partial charge in [-0.1, -0.05) is 19.4 Å². The minimum atomic E-state index is -0.152. The molecule has 5 heteroatoms. The normalized spacial score (nSPS) is 15.4. The molecular formula is C18H19N3O2. The summed E-state index contributed by atoms with van der Waals surface area (Å²) in [5, 5.41) is 0. The predicted octanol–water partition coefficient (Wildman–Crippen LogP) is 3.23. The molecule has 1 aromatic carbocycles. The molecule has 2 N–H and O–H groups in total. The van der Waals surface area contributed by atoms with Crippen molar-refractivity contribution in [3.8, 4) is 5.75 Å². The molecule has 0 saturated heterocycles. The third kappa shape index (κ3) is 3.18. The molecule has 0 unspecified atom stereocenters. The molecule has 2 aromatic rings. The lowest BCUT2D eigenvalue weighted by Crippen LogP contribution is -2.38. The van der Waals surface area contributed by atoms with Crippen LogP contribution in [0.15, 0.2) is 48.4 Å². The first-order valence-electron chi connectivity index (χ1n) is 7.71. The average Bonchev–Trinajstić information content (AvgIpc) is 2.56. The Kier molecular flexibility index (Phi) is 4.28. The van der Waals surface area contributed by atoms with E-state index >= 15 is 0 Å². The Bertz CT molecular complexity index is 741. The minimum absolute atomic E-state index is 0.152. The largest absolute Gasteiger partial charge is 0.449 e. The van der Waals surface area contributed by atoms with Gasteiger partial charge < -0.3 is 15.4 Å². The van der Waals surface area contributed by atoms with Gasteiger partial charge in [0.15, 0.2) is 11.5 Å². The van der Waals surface area contributed by atoms with Crippen LogP contribution in [0.3, 0.4) is 0 Å². The van der Waals surface area contributed by atoms with Crippen LogP contribution in [0.4, 0.5) is 11.4 Å². The zero-order valence-corrected chi connectivity index (χ0v) is 13.0. The van der Waals surface area contributed by atoms with E-state index in [1.54, 1.807) is 29.3 Å². The summed E-state index contributed by atoms with van der Waals surface area (Å²) in [5.41, 5.74) is 7.89. The maximum Gasteiger partial charge on any atom is 0.294 e. The van der Waals surface area contributed by atoms with Crippen LogP contribution in [-0.4, -0.2) is 17.4 Å². The van der Waals surface area contributed by atoms with Crippen molar-refractivity contribution in [2.24, 2.45) is 0 Å².